The zero-order chi connectivity index (χ0) is 28.3. The maximum absolute atomic E-state index is 13.5. The number of aromatic nitrogens is 1. The molecule has 6 nitrogen and oxygen atoms in total. The molecule has 210 valence electrons. The van der Waals surface area contributed by atoms with E-state index >= 15 is 0 Å². The van der Waals surface area contributed by atoms with E-state index in [9.17, 15) is 4.79 Å². The summed E-state index contributed by atoms with van der Waals surface area (Å²) in [7, 11) is 2.18. The Morgan fingerprint density at radius 1 is 0.927 bits per heavy atom. The lowest BCUT2D eigenvalue weighted by molar-refractivity contribution is 0.206. The summed E-state index contributed by atoms with van der Waals surface area (Å²) in [6, 6.07) is 24.8. The van der Waals surface area contributed by atoms with Crippen molar-refractivity contribution in [1.82, 2.24) is 14.8 Å². The van der Waals surface area contributed by atoms with Crippen LogP contribution in [0.15, 0.2) is 79.0 Å². The Hall–Kier alpha value is -3.87. The maximum atomic E-state index is 13.5. The molecule has 0 bridgehead atoms. The molecule has 4 aromatic rings. The van der Waals surface area contributed by atoms with Crippen LogP contribution in [0.5, 0.6) is 0 Å². The fraction of sp³-hybridized carbons (Fsp3) is 0.294. The summed E-state index contributed by atoms with van der Waals surface area (Å²) in [5.41, 5.74) is 9.78. The van der Waals surface area contributed by atoms with Crippen molar-refractivity contribution in [2.75, 3.05) is 50.0 Å². The number of hydrogen-bond donors (Lipinski definition) is 1. The molecule has 0 atom stereocenters. The third kappa shape index (κ3) is 6.09. The fourth-order valence-electron chi connectivity index (χ4n) is 6.00. The Morgan fingerprint density at radius 3 is 2.46 bits per heavy atom. The van der Waals surface area contributed by atoms with Crippen molar-refractivity contribution in [2.45, 2.75) is 26.3 Å². The molecular formula is C34H36ClN5O. The van der Waals surface area contributed by atoms with Crippen molar-refractivity contribution in [3.63, 3.8) is 0 Å². The van der Waals surface area contributed by atoms with Crippen LogP contribution in [-0.4, -0.2) is 60.6 Å². The molecule has 3 heterocycles. The van der Waals surface area contributed by atoms with Crippen molar-refractivity contribution in [2.24, 2.45) is 0 Å². The van der Waals surface area contributed by atoms with Crippen LogP contribution in [0.3, 0.4) is 0 Å². The summed E-state index contributed by atoms with van der Waals surface area (Å²) in [5, 5.41) is 3.76. The normalized spacial score (nSPS) is 15.5. The molecule has 41 heavy (non-hydrogen) atoms. The molecular weight excluding hydrogens is 530 g/mol. The Balaban J connectivity index is 1.22. The van der Waals surface area contributed by atoms with Crippen molar-refractivity contribution in [3.8, 4) is 11.1 Å². The number of carbonyl (C=O) groups excluding carboxylic acids is 1. The van der Waals surface area contributed by atoms with Gasteiger partial charge in [-0.25, -0.2) is 9.78 Å². The van der Waals surface area contributed by atoms with Gasteiger partial charge in [-0.05, 0) is 90.5 Å². The van der Waals surface area contributed by atoms with E-state index in [4.69, 9.17) is 11.6 Å². The SMILES string of the molecule is Cc1cc(Cl)ccc1-c1ccc(NC(=O)N2CCc3c(Cc4ccccc4)ccc(N4CCN(C)CC4)c3C2)nc1. The number of carbonyl (C=O) groups is 1. The molecule has 1 N–H and O–H groups in total. The third-order valence-corrected chi connectivity index (χ3v) is 8.59. The second-order valence-electron chi connectivity index (χ2n) is 11.1. The van der Waals surface area contributed by atoms with Gasteiger partial charge >= 0.3 is 6.03 Å². The van der Waals surface area contributed by atoms with Crippen molar-refractivity contribution >= 4 is 29.1 Å². The molecule has 2 aliphatic heterocycles. The standard InChI is InChI=1S/C34H36ClN5O/c1-24-20-28(35)10-11-29(24)27-9-13-33(36-22-27)37-34(41)40-15-14-30-26(21-25-6-4-3-5-7-25)8-12-32(31(30)23-40)39-18-16-38(2)17-19-39/h3-13,20,22H,14-19,21,23H2,1-2H3,(H,36,37,41). The highest BCUT2D eigenvalue weighted by molar-refractivity contribution is 6.30. The first-order valence-electron chi connectivity index (χ1n) is 14.3. The third-order valence-electron chi connectivity index (χ3n) is 8.35. The summed E-state index contributed by atoms with van der Waals surface area (Å²) in [4.78, 5) is 24.8. The van der Waals surface area contributed by atoms with Gasteiger partial charge in [0.25, 0.3) is 0 Å². The number of halogens is 1. The summed E-state index contributed by atoms with van der Waals surface area (Å²) < 4.78 is 0. The second-order valence-corrected chi connectivity index (χ2v) is 11.6. The summed E-state index contributed by atoms with van der Waals surface area (Å²) >= 11 is 6.12. The Kier molecular flexibility index (Phi) is 7.95. The number of rotatable bonds is 5. The lowest BCUT2D eigenvalue weighted by Gasteiger charge is -2.38. The molecule has 0 saturated carbocycles. The summed E-state index contributed by atoms with van der Waals surface area (Å²) in [6.45, 7) is 7.38. The molecule has 7 heteroatoms. The number of nitrogens with zero attached hydrogens (tertiary/aromatic N) is 4. The fourth-order valence-corrected chi connectivity index (χ4v) is 6.23. The number of aryl methyl sites for hydroxylation is 1. The van der Waals surface area contributed by atoms with Crippen LogP contribution in [-0.2, 0) is 19.4 Å². The minimum absolute atomic E-state index is 0.114. The van der Waals surface area contributed by atoms with Crippen molar-refractivity contribution in [1.29, 1.82) is 0 Å². The molecule has 0 unspecified atom stereocenters. The Bertz CT molecular complexity index is 1530. The second kappa shape index (κ2) is 11.9. The predicted molar refractivity (Wildman–Crippen MR) is 168 cm³/mol. The van der Waals surface area contributed by atoms with Gasteiger partial charge in [0, 0.05) is 61.7 Å². The molecule has 3 aromatic carbocycles. The van der Waals surface area contributed by atoms with Gasteiger partial charge in [-0.15, -0.1) is 0 Å². The van der Waals surface area contributed by atoms with Gasteiger partial charge in [0.15, 0.2) is 0 Å². The predicted octanol–water partition coefficient (Wildman–Crippen LogP) is 6.64. The number of amides is 2. The number of benzene rings is 3. The number of likely N-dealkylation sites (N-methyl/N-ethyl adjacent to an activating group) is 1. The Labute approximate surface area is 247 Å². The largest absolute Gasteiger partial charge is 0.369 e. The quantitative estimate of drug-likeness (QED) is 0.295. The molecule has 1 aromatic heterocycles. The van der Waals surface area contributed by atoms with Crippen LogP contribution >= 0.6 is 11.6 Å². The lowest BCUT2D eigenvalue weighted by Crippen LogP contribution is -2.46. The van der Waals surface area contributed by atoms with Crippen molar-refractivity contribution < 1.29 is 4.79 Å². The van der Waals surface area contributed by atoms with Gasteiger partial charge in [0.05, 0.1) is 0 Å². The number of hydrogen-bond acceptors (Lipinski definition) is 4. The average Bonchev–Trinajstić information content (AvgIpc) is 2.99. The van der Waals surface area contributed by atoms with Crippen LogP contribution in [0.1, 0.15) is 27.8 Å². The van der Waals surface area contributed by atoms with Gasteiger partial charge < -0.3 is 14.7 Å². The average molecular weight is 566 g/mol. The van der Waals surface area contributed by atoms with E-state index in [1.807, 2.05) is 42.2 Å². The van der Waals surface area contributed by atoms with Crippen molar-refractivity contribution in [3.05, 3.63) is 112 Å². The molecule has 1 saturated heterocycles. The maximum Gasteiger partial charge on any atom is 0.323 e. The number of anilines is 2. The van der Waals surface area contributed by atoms with Gasteiger partial charge in [0.2, 0.25) is 0 Å². The molecule has 2 aliphatic rings. The van der Waals surface area contributed by atoms with E-state index in [0.29, 0.717) is 23.9 Å². The van der Waals surface area contributed by atoms with Gasteiger partial charge in [0.1, 0.15) is 5.82 Å². The zero-order valence-corrected chi connectivity index (χ0v) is 24.5. The minimum atomic E-state index is -0.114. The smallest absolute Gasteiger partial charge is 0.323 e. The number of pyridine rings is 1. The molecule has 2 amide bonds. The summed E-state index contributed by atoms with van der Waals surface area (Å²) in [6.07, 6.45) is 3.55. The van der Waals surface area contributed by atoms with Crippen LogP contribution in [0.4, 0.5) is 16.3 Å². The van der Waals surface area contributed by atoms with E-state index in [0.717, 1.165) is 55.7 Å². The zero-order valence-electron chi connectivity index (χ0n) is 23.7. The first kappa shape index (κ1) is 27.3. The van der Waals surface area contributed by atoms with E-state index in [1.54, 1.807) is 6.20 Å². The van der Waals surface area contributed by atoms with E-state index in [1.165, 1.54) is 27.9 Å². The first-order valence-corrected chi connectivity index (χ1v) is 14.7. The molecule has 1 fully saturated rings. The molecule has 0 aliphatic carbocycles. The number of fused-ring (bicyclic) bond motifs is 1. The minimum Gasteiger partial charge on any atom is -0.369 e. The van der Waals surface area contributed by atoms with Gasteiger partial charge in [-0.1, -0.05) is 54.1 Å². The highest BCUT2D eigenvalue weighted by Crippen LogP contribution is 2.34. The van der Waals surface area contributed by atoms with Gasteiger partial charge in [-0.3, -0.25) is 5.32 Å². The Morgan fingerprint density at radius 2 is 1.73 bits per heavy atom. The summed E-state index contributed by atoms with van der Waals surface area (Å²) in [5.74, 6) is 0.549. The monoisotopic (exact) mass is 565 g/mol. The van der Waals surface area contributed by atoms with E-state index in [-0.39, 0.29) is 6.03 Å². The van der Waals surface area contributed by atoms with Crippen LogP contribution in [0, 0.1) is 6.92 Å². The molecule has 6 rings (SSSR count). The van der Waals surface area contributed by atoms with Crippen LogP contribution < -0.4 is 10.2 Å². The molecule has 0 radical (unpaired) electrons. The van der Waals surface area contributed by atoms with E-state index < -0.39 is 0 Å². The van der Waals surface area contributed by atoms with Gasteiger partial charge in [-0.2, -0.15) is 0 Å². The number of nitrogens with one attached hydrogen (secondary N) is 1. The highest BCUT2D eigenvalue weighted by atomic mass is 35.5. The number of piperazine rings is 1. The van der Waals surface area contributed by atoms with Crippen LogP contribution in [0.25, 0.3) is 11.1 Å². The topological polar surface area (TPSA) is 51.7 Å². The highest BCUT2D eigenvalue weighted by Gasteiger charge is 2.28. The van der Waals surface area contributed by atoms with Crippen LogP contribution in [0.2, 0.25) is 5.02 Å². The first-order chi connectivity index (χ1) is 19.9. The number of urea groups is 1. The molecule has 0 spiro atoms. The van der Waals surface area contributed by atoms with E-state index in [2.05, 4.69) is 69.6 Å². The lowest BCUT2D eigenvalue weighted by atomic mass is 9.89.